The number of hydrogen-bond donors (Lipinski definition) is 0. The number of benzene rings is 1. The van der Waals surface area contributed by atoms with Crippen LogP contribution >= 0.6 is 28.3 Å². The molecule has 0 aliphatic rings. The van der Waals surface area contributed by atoms with E-state index in [1.54, 1.807) is 11.3 Å². The molecule has 0 amide bonds. The molecular formula is C14H17BrN2S. The van der Waals surface area contributed by atoms with Crippen LogP contribution in [0, 0.1) is 13.8 Å². The Bertz CT molecular complexity index is 596. The van der Waals surface area contributed by atoms with Gasteiger partial charge >= 0.3 is 0 Å². The van der Waals surface area contributed by atoms with E-state index >= 15 is 0 Å². The van der Waals surface area contributed by atoms with E-state index < -0.39 is 0 Å². The summed E-state index contributed by atoms with van der Waals surface area (Å²) in [5.41, 5.74) is 3.46. The molecule has 0 saturated carbocycles. The smallest absolute Gasteiger partial charge is 0.190 e. The fourth-order valence-corrected chi connectivity index (χ4v) is 2.55. The normalized spacial score (nSPS) is 11.1. The molecule has 0 aliphatic heterocycles. The number of hydrogen-bond acceptors (Lipinski definition) is 2. The lowest BCUT2D eigenvalue weighted by atomic mass is 10.2. The van der Waals surface area contributed by atoms with Crippen molar-refractivity contribution in [3.8, 4) is 0 Å². The molecule has 2 rings (SSSR count). The van der Waals surface area contributed by atoms with Crippen molar-refractivity contribution in [2.24, 2.45) is 4.99 Å². The van der Waals surface area contributed by atoms with Crippen molar-refractivity contribution < 1.29 is 0 Å². The Morgan fingerprint density at radius 2 is 2.06 bits per heavy atom. The van der Waals surface area contributed by atoms with E-state index in [0.717, 1.165) is 17.0 Å². The number of halogens is 1. The number of aromatic nitrogens is 1. The largest absolute Gasteiger partial charge is 0.317 e. The molecule has 96 valence electrons. The molecular weight excluding hydrogens is 308 g/mol. The van der Waals surface area contributed by atoms with Crippen LogP contribution in [0.3, 0.4) is 0 Å². The molecule has 0 aliphatic carbocycles. The third-order valence-corrected chi connectivity index (χ3v) is 3.62. The number of rotatable bonds is 3. The van der Waals surface area contributed by atoms with Crippen LogP contribution in [-0.2, 0) is 6.54 Å². The molecule has 1 aromatic heterocycles. The highest BCUT2D eigenvalue weighted by atomic mass is 79.9. The van der Waals surface area contributed by atoms with Gasteiger partial charge in [0, 0.05) is 17.6 Å². The first-order chi connectivity index (χ1) is 8.22. The average molecular weight is 325 g/mol. The summed E-state index contributed by atoms with van der Waals surface area (Å²) in [6.45, 7) is 8.76. The molecule has 0 atom stereocenters. The van der Waals surface area contributed by atoms with E-state index in [1.807, 2.05) is 24.3 Å². The van der Waals surface area contributed by atoms with Crippen LogP contribution < -0.4 is 4.80 Å². The maximum Gasteiger partial charge on any atom is 0.190 e. The van der Waals surface area contributed by atoms with E-state index in [1.165, 1.54) is 11.3 Å². The van der Waals surface area contributed by atoms with E-state index in [9.17, 15) is 0 Å². The van der Waals surface area contributed by atoms with Gasteiger partial charge in [0.05, 0.1) is 5.69 Å². The zero-order valence-electron chi connectivity index (χ0n) is 10.6. The lowest BCUT2D eigenvalue weighted by molar-refractivity contribution is 0.761. The molecule has 0 bridgehead atoms. The second kappa shape index (κ2) is 6.71. The predicted octanol–water partition coefficient (Wildman–Crippen LogP) is 4.16. The molecule has 0 radical (unpaired) electrons. The Kier molecular flexibility index (Phi) is 5.56. The first-order valence-electron chi connectivity index (χ1n) is 5.58. The van der Waals surface area contributed by atoms with Crippen molar-refractivity contribution >= 4 is 34.0 Å². The first-order valence-corrected chi connectivity index (χ1v) is 6.46. The first kappa shape index (κ1) is 14.9. The lowest BCUT2D eigenvalue weighted by Crippen LogP contribution is -2.14. The topological polar surface area (TPSA) is 17.3 Å². The Hall–Kier alpha value is -1.13. The second-order valence-corrected chi connectivity index (χ2v) is 4.79. The molecule has 2 nitrogen and oxygen atoms in total. The molecule has 0 spiro atoms. The fourth-order valence-electron chi connectivity index (χ4n) is 1.65. The van der Waals surface area contributed by atoms with Crippen LogP contribution in [0.2, 0.25) is 0 Å². The number of thiazole rings is 1. The molecule has 4 heteroatoms. The summed E-state index contributed by atoms with van der Waals surface area (Å²) < 4.78 is 2.17. The quantitative estimate of drug-likeness (QED) is 0.754. The molecule has 1 heterocycles. The molecule has 0 N–H and O–H groups in total. The molecule has 1 aromatic carbocycles. The zero-order valence-corrected chi connectivity index (χ0v) is 13.1. The van der Waals surface area contributed by atoms with Crippen LogP contribution in [0.1, 0.15) is 11.3 Å². The number of para-hydroxylation sites is 1. The summed E-state index contributed by atoms with van der Waals surface area (Å²) in [5.74, 6) is 0. The maximum atomic E-state index is 4.71. The summed E-state index contributed by atoms with van der Waals surface area (Å²) in [7, 11) is 0. The van der Waals surface area contributed by atoms with Crippen LogP contribution in [0.25, 0.3) is 0 Å². The zero-order chi connectivity index (χ0) is 12.3. The number of allylic oxidation sites excluding steroid dienone is 1. The average Bonchev–Trinajstić information content (AvgIpc) is 2.65. The van der Waals surface area contributed by atoms with Gasteiger partial charge in [-0.25, -0.2) is 4.99 Å². The van der Waals surface area contributed by atoms with Crippen molar-refractivity contribution in [3.63, 3.8) is 0 Å². The molecule has 0 saturated heterocycles. The van der Waals surface area contributed by atoms with Crippen LogP contribution in [-0.4, -0.2) is 4.57 Å². The van der Waals surface area contributed by atoms with Gasteiger partial charge in [0.25, 0.3) is 0 Å². The van der Waals surface area contributed by atoms with Crippen molar-refractivity contribution in [2.75, 3.05) is 0 Å². The summed E-state index contributed by atoms with van der Waals surface area (Å²) in [6.07, 6.45) is 1.90. The Balaban J connectivity index is 0.00000162. The fraction of sp³-hybridized carbons (Fsp3) is 0.214. The van der Waals surface area contributed by atoms with E-state index in [0.29, 0.717) is 0 Å². The van der Waals surface area contributed by atoms with Gasteiger partial charge in [-0.05, 0) is 25.5 Å². The van der Waals surface area contributed by atoms with Gasteiger partial charge < -0.3 is 4.57 Å². The maximum absolute atomic E-state index is 4.71. The molecule has 0 unspecified atom stereocenters. The SMILES string of the molecule is Br.C=CCn1c(C)csc1=Nc1ccccc1C. The van der Waals surface area contributed by atoms with Crippen molar-refractivity contribution in [2.45, 2.75) is 20.4 Å². The number of nitrogens with zero attached hydrogens (tertiary/aromatic N) is 2. The van der Waals surface area contributed by atoms with E-state index in [4.69, 9.17) is 4.99 Å². The van der Waals surface area contributed by atoms with E-state index in [2.05, 4.69) is 36.4 Å². The van der Waals surface area contributed by atoms with Gasteiger partial charge in [-0.1, -0.05) is 24.3 Å². The lowest BCUT2D eigenvalue weighted by Gasteiger charge is -2.02. The van der Waals surface area contributed by atoms with Crippen molar-refractivity contribution in [3.05, 3.63) is 58.4 Å². The highest BCUT2D eigenvalue weighted by Crippen LogP contribution is 2.16. The Morgan fingerprint density at radius 3 is 2.72 bits per heavy atom. The van der Waals surface area contributed by atoms with Crippen molar-refractivity contribution in [1.82, 2.24) is 4.57 Å². The second-order valence-electron chi connectivity index (χ2n) is 3.96. The van der Waals surface area contributed by atoms with Gasteiger partial charge in [-0.3, -0.25) is 0 Å². The molecule has 18 heavy (non-hydrogen) atoms. The number of aryl methyl sites for hydroxylation is 2. The third-order valence-electron chi connectivity index (χ3n) is 2.63. The Morgan fingerprint density at radius 1 is 1.33 bits per heavy atom. The minimum atomic E-state index is 0. The minimum Gasteiger partial charge on any atom is -0.317 e. The monoisotopic (exact) mass is 324 g/mol. The van der Waals surface area contributed by atoms with Gasteiger partial charge in [0.1, 0.15) is 0 Å². The van der Waals surface area contributed by atoms with Crippen LogP contribution in [0.15, 0.2) is 47.3 Å². The van der Waals surface area contributed by atoms with Crippen LogP contribution in [0.5, 0.6) is 0 Å². The summed E-state index contributed by atoms with van der Waals surface area (Å²) in [6, 6.07) is 8.18. The summed E-state index contributed by atoms with van der Waals surface area (Å²) >= 11 is 1.67. The molecule has 2 aromatic rings. The van der Waals surface area contributed by atoms with Gasteiger partial charge in [0.15, 0.2) is 4.80 Å². The predicted molar refractivity (Wildman–Crippen MR) is 84.0 cm³/mol. The summed E-state index contributed by atoms with van der Waals surface area (Å²) in [5, 5.41) is 2.13. The highest BCUT2D eigenvalue weighted by molar-refractivity contribution is 8.93. The van der Waals surface area contributed by atoms with Crippen LogP contribution in [0.4, 0.5) is 5.69 Å². The minimum absolute atomic E-state index is 0. The third kappa shape index (κ3) is 3.21. The van der Waals surface area contributed by atoms with Gasteiger partial charge in [0.2, 0.25) is 0 Å². The van der Waals surface area contributed by atoms with Gasteiger partial charge in [-0.2, -0.15) is 0 Å². The van der Waals surface area contributed by atoms with Crippen molar-refractivity contribution in [1.29, 1.82) is 0 Å². The Labute approximate surface area is 122 Å². The standard InChI is InChI=1S/C14H16N2S.BrH/c1-4-9-16-12(3)10-17-14(16)15-13-8-6-5-7-11(13)2;/h4-8,10H,1,9H2,2-3H3;1H. The highest BCUT2D eigenvalue weighted by Gasteiger charge is 2.00. The molecule has 0 fully saturated rings. The van der Waals surface area contributed by atoms with Gasteiger partial charge in [-0.15, -0.1) is 34.9 Å². The van der Waals surface area contributed by atoms with E-state index in [-0.39, 0.29) is 17.0 Å². The summed E-state index contributed by atoms with van der Waals surface area (Å²) in [4.78, 5) is 5.74.